The number of hydrogen-bond acceptors (Lipinski definition) is 3. The Balaban J connectivity index is 1.58. The van der Waals surface area contributed by atoms with E-state index in [-0.39, 0.29) is 6.04 Å². The van der Waals surface area contributed by atoms with Crippen LogP contribution >= 0.6 is 11.6 Å². The molecule has 27 heavy (non-hydrogen) atoms. The van der Waals surface area contributed by atoms with E-state index in [1.54, 1.807) is 0 Å². The molecule has 0 fully saturated rings. The molecular weight excluding hydrogens is 360 g/mol. The molecule has 0 aliphatic carbocycles. The predicted molar refractivity (Wildman–Crippen MR) is 110 cm³/mol. The Morgan fingerprint density at radius 3 is 2.81 bits per heavy atom. The molecule has 0 saturated carbocycles. The number of fused-ring (bicyclic) bond motifs is 1. The number of pyridine rings is 1. The lowest BCUT2D eigenvalue weighted by atomic mass is 10.1. The first-order valence-corrected chi connectivity index (χ1v) is 9.64. The topological polar surface area (TPSA) is 66.6 Å². The van der Waals surface area contributed by atoms with Crippen LogP contribution in [0, 0.1) is 0 Å². The summed E-state index contributed by atoms with van der Waals surface area (Å²) in [6.45, 7) is 5.64. The number of hydrogen-bond donors (Lipinski definition) is 2. The number of aryl methyl sites for hydroxylation is 1. The van der Waals surface area contributed by atoms with Crippen molar-refractivity contribution < 1.29 is 0 Å². The van der Waals surface area contributed by atoms with Crippen molar-refractivity contribution in [1.29, 1.82) is 0 Å². The van der Waals surface area contributed by atoms with Gasteiger partial charge >= 0.3 is 0 Å². The lowest BCUT2D eigenvalue weighted by Crippen LogP contribution is -2.38. The average Bonchev–Trinajstić information content (AvgIpc) is 3.09. The third-order valence-corrected chi connectivity index (χ3v) is 4.63. The highest BCUT2D eigenvalue weighted by Gasteiger charge is 2.10. The molecule has 1 atom stereocenters. The molecule has 0 radical (unpaired) electrons. The van der Waals surface area contributed by atoms with E-state index in [9.17, 15) is 0 Å². The Labute approximate surface area is 164 Å². The molecule has 3 aromatic rings. The molecule has 2 N–H and O–H groups in total. The number of guanidine groups is 1. The van der Waals surface area contributed by atoms with Crippen molar-refractivity contribution in [1.82, 2.24) is 25.2 Å². The highest BCUT2D eigenvalue weighted by atomic mass is 35.5. The highest BCUT2D eigenvalue weighted by molar-refractivity contribution is 6.31. The van der Waals surface area contributed by atoms with Crippen LogP contribution in [0.5, 0.6) is 0 Å². The van der Waals surface area contributed by atoms with E-state index in [4.69, 9.17) is 11.6 Å². The Morgan fingerprint density at radius 2 is 2.00 bits per heavy atom. The van der Waals surface area contributed by atoms with Gasteiger partial charge < -0.3 is 10.6 Å². The average molecular weight is 385 g/mol. The van der Waals surface area contributed by atoms with Crippen molar-refractivity contribution in [2.45, 2.75) is 32.7 Å². The van der Waals surface area contributed by atoms with Gasteiger partial charge in [0, 0.05) is 30.7 Å². The zero-order chi connectivity index (χ0) is 19.1. The summed E-state index contributed by atoms with van der Waals surface area (Å²) in [4.78, 5) is 4.68. The Kier molecular flexibility index (Phi) is 6.65. The van der Waals surface area contributed by atoms with E-state index in [1.807, 2.05) is 53.1 Å². The minimum atomic E-state index is 0.0666. The van der Waals surface area contributed by atoms with Crippen LogP contribution in [-0.2, 0) is 6.42 Å². The van der Waals surface area contributed by atoms with Crippen molar-refractivity contribution >= 4 is 23.2 Å². The smallest absolute Gasteiger partial charge is 0.191 e. The first kappa shape index (κ1) is 19.2. The van der Waals surface area contributed by atoms with E-state index < -0.39 is 0 Å². The van der Waals surface area contributed by atoms with Gasteiger partial charge in [-0.1, -0.05) is 35.9 Å². The zero-order valence-electron chi connectivity index (χ0n) is 15.7. The van der Waals surface area contributed by atoms with Crippen LogP contribution in [0.3, 0.4) is 0 Å². The van der Waals surface area contributed by atoms with Crippen molar-refractivity contribution in [3.8, 4) is 0 Å². The van der Waals surface area contributed by atoms with Gasteiger partial charge in [-0.15, -0.1) is 10.2 Å². The number of benzene rings is 1. The minimum Gasteiger partial charge on any atom is -0.357 e. The van der Waals surface area contributed by atoms with Gasteiger partial charge in [-0.05, 0) is 44.0 Å². The van der Waals surface area contributed by atoms with Crippen LogP contribution < -0.4 is 10.6 Å². The molecule has 0 bridgehead atoms. The predicted octanol–water partition coefficient (Wildman–Crippen LogP) is 3.63. The van der Waals surface area contributed by atoms with Gasteiger partial charge in [0.1, 0.15) is 5.82 Å². The molecular formula is C20H25ClN6. The van der Waals surface area contributed by atoms with Gasteiger partial charge in [-0.3, -0.25) is 9.39 Å². The van der Waals surface area contributed by atoms with Gasteiger partial charge in [-0.25, -0.2) is 0 Å². The van der Waals surface area contributed by atoms with E-state index in [1.165, 1.54) is 0 Å². The SMILES string of the molecule is CCNC(=NCCCc1nnc2ccccn12)NC(C)c1ccccc1Cl. The van der Waals surface area contributed by atoms with Gasteiger partial charge in [0.2, 0.25) is 0 Å². The number of rotatable bonds is 7. The molecule has 7 heteroatoms. The maximum atomic E-state index is 6.30. The van der Waals surface area contributed by atoms with Gasteiger partial charge in [-0.2, -0.15) is 0 Å². The summed E-state index contributed by atoms with van der Waals surface area (Å²) in [6.07, 6.45) is 3.71. The molecule has 6 nitrogen and oxygen atoms in total. The van der Waals surface area contributed by atoms with Gasteiger partial charge in [0.05, 0.1) is 6.04 Å². The first-order valence-electron chi connectivity index (χ1n) is 9.27. The fraction of sp³-hybridized carbons (Fsp3) is 0.350. The highest BCUT2D eigenvalue weighted by Crippen LogP contribution is 2.21. The molecule has 1 unspecified atom stereocenters. The molecule has 1 aromatic carbocycles. The van der Waals surface area contributed by atoms with Crippen LogP contribution in [0.25, 0.3) is 5.65 Å². The fourth-order valence-corrected chi connectivity index (χ4v) is 3.22. The normalized spacial score (nSPS) is 12.9. The summed E-state index contributed by atoms with van der Waals surface area (Å²) < 4.78 is 2.02. The molecule has 2 heterocycles. The van der Waals surface area contributed by atoms with E-state index in [0.29, 0.717) is 6.54 Å². The largest absolute Gasteiger partial charge is 0.357 e. The summed E-state index contributed by atoms with van der Waals surface area (Å²) in [6, 6.07) is 13.8. The third-order valence-electron chi connectivity index (χ3n) is 4.28. The molecule has 0 saturated heterocycles. The number of aliphatic imine (C=N–C) groups is 1. The van der Waals surface area contributed by atoms with Gasteiger partial charge in [0.25, 0.3) is 0 Å². The van der Waals surface area contributed by atoms with E-state index in [2.05, 4.69) is 39.7 Å². The molecule has 2 aromatic heterocycles. The number of halogens is 1. The first-order chi connectivity index (χ1) is 13.2. The van der Waals surface area contributed by atoms with Crippen LogP contribution in [0.1, 0.15) is 37.7 Å². The second-order valence-corrected chi connectivity index (χ2v) is 6.70. The maximum absolute atomic E-state index is 6.30. The van der Waals surface area contributed by atoms with Crippen molar-refractivity contribution in [2.24, 2.45) is 4.99 Å². The molecule has 3 rings (SSSR count). The van der Waals surface area contributed by atoms with Crippen LogP contribution in [0.2, 0.25) is 5.02 Å². The Hall–Kier alpha value is -2.60. The second kappa shape index (κ2) is 9.37. The maximum Gasteiger partial charge on any atom is 0.191 e. The summed E-state index contributed by atoms with van der Waals surface area (Å²) in [5.41, 5.74) is 1.93. The second-order valence-electron chi connectivity index (χ2n) is 6.30. The monoisotopic (exact) mass is 384 g/mol. The van der Waals surface area contributed by atoms with Crippen molar-refractivity contribution in [3.63, 3.8) is 0 Å². The summed E-state index contributed by atoms with van der Waals surface area (Å²) in [7, 11) is 0. The van der Waals surface area contributed by atoms with E-state index in [0.717, 1.165) is 47.4 Å². The lowest BCUT2D eigenvalue weighted by molar-refractivity contribution is 0.681. The molecule has 0 aliphatic rings. The minimum absolute atomic E-state index is 0.0666. The quantitative estimate of drug-likeness (QED) is 0.371. The molecule has 142 valence electrons. The van der Waals surface area contributed by atoms with Gasteiger partial charge in [0.15, 0.2) is 11.6 Å². The van der Waals surface area contributed by atoms with Crippen LogP contribution in [0.15, 0.2) is 53.7 Å². The Bertz CT molecular complexity index is 904. The standard InChI is InChI=1S/C20H25ClN6/c1-3-22-20(24-15(2)16-9-4-5-10-17(16)21)23-13-8-12-19-26-25-18-11-6-7-14-27(18)19/h4-7,9-11,14-15H,3,8,12-13H2,1-2H3,(H2,22,23,24). The van der Waals surface area contributed by atoms with Crippen LogP contribution in [0.4, 0.5) is 0 Å². The van der Waals surface area contributed by atoms with Crippen molar-refractivity contribution in [3.05, 3.63) is 65.1 Å². The molecule has 0 spiro atoms. The lowest BCUT2D eigenvalue weighted by Gasteiger charge is -2.19. The van der Waals surface area contributed by atoms with E-state index >= 15 is 0 Å². The van der Waals surface area contributed by atoms with Crippen molar-refractivity contribution in [2.75, 3.05) is 13.1 Å². The summed E-state index contributed by atoms with van der Waals surface area (Å²) in [5, 5.41) is 15.9. The third kappa shape index (κ3) is 4.98. The molecule has 0 aliphatic heterocycles. The van der Waals surface area contributed by atoms with Crippen LogP contribution in [-0.4, -0.2) is 33.6 Å². The Morgan fingerprint density at radius 1 is 1.19 bits per heavy atom. The number of nitrogens with zero attached hydrogens (tertiary/aromatic N) is 4. The summed E-state index contributed by atoms with van der Waals surface area (Å²) in [5.74, 6) is 1.75. The fourth-order valence-electron chi connectivity index (χ4n) is 2.92. The molecule has 0 amide bonds. The number of nitrogens with one attached hydrogen (secondary N) is 2. The number of aromatic nitrogens is 3. The summed E-state index contributed by atoms with van der Waals surface area (Å²) >= 11 is 6.30. The zero-order valence-corrected chi connectivity index (χ0v) is 16.4.